The van der Waals surface area contributed by atoms with E-state index in [2.05, 4.69) is 5.16 Å². The molecule has 2 rings (SSSR count). The van der Waals surface area contributed by atoms with Gasteiger partial charge in [-0.1, -0.05) is 22.8 Å². The smallest absolute Gasteiger partial charge is 0.307 e. The van der Waals surface area contributed by atoms with Crippen LogP contribution in [0.3, 0.4) is 0 Å². The van der Waals surface area contributed by atoms with Crippen LogP contribution in [0, 0.1) is 5.82 Å². The van der Waals surface area contributed by atoms with Gasteiger partial charge in [0.1, 0.15) is 0 Å². The predicted molar refractivity (Wildman–Crippen MR) is 64.3 cm³/mol. The molecule has 1 aromatic rings. The molecule has 18 heavy (non-hydrogen) atoms. The Bertz CT molecular complexity index is 532. The maximum atomic E-state index is 13.8. The predicted octanol–water partition coefficient (Wildman–Crippen LogP) is 2.84. The molecular formula is C12H11ClFNO3. The number of nitrogens with zero attached hydrogens (tertiary/aromatic N) is 1. The summed E-state index contributed by atoms with van der Waals surface area (Å²) in [5.74, 6) is -1.55. The van der Waals surface area contributed by atoms with Crippen molar-refractivity contribution in [2.75, 3.05) is 0 Å². The zero-order valence-electron chi connectivity index (χ0n) is 9.61. The fraction of sp³-hybridized carbons (Fsp3) is 0.333. The molecule has 96 valence electrons. The second-order valence-electron chi connectivity index (χ2n) is 4.43. The molecule has 1 atom stereocenters. The highest BCUT2D eigenvalue weighted by molar-refractivity contribution is 6.31. The van der Waals surface area contributed by atoms with Crippen LogP contribution in [-0.2, 0) is 9.63 Å². The molecule has 1 aromatic carbocycles. The second-order valence-corrected chi connectivity index (χ2v) is 4.84. The first-order chi connectivity index (χ1) is 8.41. The van der Waals surface area contributed by atoms with E-state index in [-0.39, 0.29) is 23.4 Å². The summed E-state index contributed by atoms with van der Waals surface area (Å²) in [6, 6.07) is 4.58. The van der Waals surface area contributed by atoms with Gasteiger partial charge in [-0.2, -0.15) is 0 Å². The molecule has 0 aliphatic carbocycles. The van der Waals surface area contributed by atoms with E-state index < -0.39 is 17.4 Å². The Morgan fingerprint density at radius 3 is 3.06 bits per heavy atom. The van der Waals surface area contributed by atoms with Crippen molar-refractivity contribution in [1.29, 1.82) is 0 Å². The molecule has 0 saturated heterocycles. The zero-order chi connectivity index (χ0) is 13.3. The van der Waals surface area contributed by atoms with Gasteiger partial charge in [-0.25, -0.2) is 4.39 Å². The minimum Gasteiger partial charge on any atom is -0.481 e. The lowest BCUT2D eigenvalue weighted by Gasteiger charge is -2.18. The maximum absolute atomic E-state index is 13.8. The number of benzene rings is 1. The van der Waals surface area contributed by atoms with Crippen molar-refractivity contribution < 1.29 is 19.1 Å². The van der Waals surface area contributed by atoms with Crippen LogP contribution >= 0.6 is 11.6 Å². The highest BCUT2D eigenvalue weighted by Gasteiger charge is 2.37. The van der Waals surface area contributed by atoms with Crippen LogP contribution in [0.2, 0.25) is 5.02 Å². The molecule has 1 aliphatic rings. The third-order valence-electron chi connectivity index (χ3n) is 2.71. The maximum Gasteiger partial charge on any atom is 0.307 e. The summed E-state index contributed by atoms with van der Waals surface area (Å²) in [6.45, 7) is 1.63. The van der Waals surface area contributed by atoms with Crippen molar-refractivity contribution in [3.05, 3.63) is 34.6 Å². The molecule has 1 unspecified atom stereocenters. The van der Waals surface area contributed by atoms with Gasteiger partial charge in [0.15, 0.2) is 11.4 Å². The van der Waals surface area contributed by atoms with Gasteiger partial charge in [-0.3, -0.25) is 4.79 Å². The van der Waals surface area contributed by atoms with E-state index in [1.54, 1.807) is 13.0 Å². The number of oxime groups is 1. The van der Waals surface area contributed by atoms with Crippen LogP contribution in [-0.4, -0.2) is 22.4 Å². The van der Waals surface area contributed by atoms with E-state index in [1.807, 2.05) is 0 Å². The molecule has 0 fully saturated rings. The van der Waals surface area contributed by atoms with E-state index >= 15 is 0 Å². The van der Waals surface area contributed by atoms with E-state index in [0.29, 0.717) is 5.71 Å². The number of carboxylic acid groups (broad SMARTS) is 1. The van der Waals surface area contributed by atoms with Crippen LogP contribution in [0.1, 0.15) is 25.3 Å². The van der Waals surface area contributed by atoms with Gasteiger partial charge in [0.05, 0.1) is 17.2 Å². The van der Waals surface area contributed by atoms with Crippen molar-refractivity contribution >= 4 is 23.3 Å². The van der Waals surface area contributed by atoms with E-state index in [4.69, 9.17) is 21.5 Å². The summed E-state index contributed by atoms with van der Waals surface area (Å²) in [6.07, 6.45) is 0.0404. The van der Waals surface area contributed by atoms with Gasteiger partial charge in [0.25, 0.3) is 0 Å². The van der Waals surface area contributed by atoms with Crippen LogP contribution in [0.5, 0.6) is 0 Å². The molecule has 0 radical (unpaired) electrons. The number of hydrogen-bond acceptors (Lipinski definition) is 3. The van der Waals surface area contributed by atoms with Crippen molar-refractivity contribution in [3.63, 3.8) is 0 Å². The molecule has 0 bridgehead atoms. The summed E-state index contributed by atoms with van der Waals surface area (Å²) < 4.78 is 13.8. The summed E-state index contributed by atoms with van der Waals surface area (Å²) >= 11 is 5.68. The van der Waals surface area contributed by atoms with Crippen LogP contribution in [0.25, 0.3) is 0 Å². The van der Waals surface area contributed by atoms with Crippen LogP contribution in [0.15, 0.2) is 23.4 Å². The Hall–Kier alpha value is -1.62. The summed E-state index contributed by atoms with van der Waals surface area (Å²) in [4.78, 5) is 15.8. The minimum atomic E-state index is -0.986. The summed E-state index contributed by atoms with van der Waals surface area (Å²) in [5.41, 5.74) is -0.314. The number of carboxylic acids is 1. The zero-order valence-corrected chi connectivity index (χ0v) is 10.4. The first kappa shape index (κ1) is 12.8. The molecule has 0 saturated carbocycles. The molecule has 0 spiro atoms. The summed E-state index contributed by atoms with van der Waals surface area (Å²) in [5, 5.41) is 12.5. The number of aliphatic carboxylic acids is 1. The van der Waals surface area contributed by atoms with Crippen molar-refractivity contribution in [1.82, 2.24) is 0 Å². The Morgan fingerprint density at radius 2 is 2.39 bits per heavy atom. The third kappa shape index (κ3) is 2.46. The van der Waals surface area contributed by atoms with Crippen LogP contribution in [0.4, 0.5) is 4.39 Å². The fourth-order valence-electron chi connectivity index (χ4n) is 1.87. The van der Waals surface area contributed by atoms with Gasteiger partial charge in [-0.15, -0.1) is 0 Å². The van der Waals surface area contributed by atoms with E-state index in [9.17, 15) is 9.18 Å². The SMILES string of the molecule is CC1(CC(=O)O)CC(c2cccc(Cl)c2F)=NO1. The molecule has 0 aromatic heterocycles. The molecule has 1 heterocycles. The highest BCUT2D eigenvalue weighted by Crippen LogP contribution is 2.31. The normalized spacial score (nSPS) is 22.5. The molecule has 1 N–H and O–H groups in total. The van der Waals surface area contributed by atoms with E-state index in [0.717, 1.165) is 0 Å². The topological polar surface area (TPSA) is 58.9 Å². The molecule has 6 heteroatoms. The second kappa shape index (κ2) is 4.57. The third-order valence-corrected chi connectivity index (χ3v) is 3.00. The number of halogens is 2. The Morgan fingerprint density at radius 1 is 1.67 bits per heavy atom. The lowest BCUT2D eigenvalue weighted by molar-refractivity contribution is -0.143. The number of hydrogen-bond donors (Lipinski definition) is 1. The number of carbonyl (C=O) groups is 1. The van der Waals surface area contributed by atoms with E-state index in [1.165, 1.54) is 12.1 Å². The van der Waals surface area contributed by atoms with Crippen molar-refractivity contribution in [2.45, 2.75) is 25.4 Å². The Balaban J connectivity index is 2.23. The number of rotatable bonds is 3. The Labute approximate surface area is 108 Å². The molecular weight excluding hydrogens is 261 g/mol. The van der Waals surface area contributed by atoms with Gasteiger partial charge in [0.2, 0.25) is 0 Å². The average Bonchev–Trinajstić information content (AvgIpc) is 2.63. The summed E-state index contributed by atoms with van der Waals surface area (Å²) in [7, 11) is 0. The van der Waals surface area contributed by atoms with Gasteiger partial charge in [0, 0.05) is 12.0 Å². The molecule has 4 nitrogen and oxygen atoms in total. The fourth-order valence-corrected chi connectivity index (χ4v) is 2.04. The van der Waals surface area contributed by atoms with Crippen molar-refractivity contribution in [2.24, 2.45) is 5.16 Å². The molecule has 1 aliphatic heterocycles. The lowest BCUT2D eigenvalue weighted by Crippen LogP contribution is -2.28. The van der Waals surface area contributed by atoms with Gasteiger partial charge in [-0.05, 0) is 19.1 Å². The quantitative estimate of drug-likeness (QED) is 0.920. The molecule has 0 amide bonds. The average molecular weight is 272 g/mol. The van der Waals surface area contributed by atoms with Gasteiger partial charge < -0.3 is 9.94 Å². The Kier molecular flexibility index (Phi) is 3.26. The van der Waals surface area contributed by atoms with Gasteiger partial charge >= 0.3 is 5.97 Å². The highest BCUT2D eigenvalue weighted by atomic mass is 35.5. The first-order valence-electron chi connectivity index (χ1n) is 5.32. The lowest BCUT2D eigenvalue weighted by atomic mass is 9.93. The standard InChI is InChI=1S/C12H11ClFNO3/c1-12(6-10(16)17)5-9(15-18-12)7-3-2-4-8(13)11(7)14/h2-4H,5-6H2,1H3,(H,16,17). The van der Waals surface area contributed by atoms with Crippen LogP contribution < -0.4 is 0 Å². The largest absolute Gasteiger partial charge is 0.481 e. The van der Waals surface area contributed by atoms with Crippen molar-refractivity contribution in [3.8, 4) is 0 Å². The minimum absolute atomic E-state index is 0.00189. The first-order valence-corrected chi connectivity index (χ1v) is 5.70. The monoisotopic (exact) mass is 271 g/mol.